The van der Waals surface area contributed by atoms with E-state index in [2.05, 4.69) is 88.4 Å². The lowest BCUT2D eigenvalue weighted by atomic mass is 9.67. The number of unbranched alkanes of at least 4 members (excludes halogenated alkanes) is 5. The van der Waals surface area contributed by atoms with Crippen LogP contribution in [0.25, 0.3) is 0 Å². The van der Waals surface area contributed by atoms with Crippen molar-refractivity contribution in [3.63, 3.8) is 0 Å². The molecule has 0 aromatic heterocycles. The van der Waals surface area contributed by atoms with Crippen LogP contribution in [0.1, 0.15) is 273 Å². The van der Waals surface area contributed by atoms with Crippen molar-refractivity contribution < 1.29 is 91.7 Å². The van der Waals surface area contributed by atoms with E-state index in [0.717, 1.165) is 184 Å². The highest BCUT2D eigenvalue weighted by atomic mass is 79.9. The number of aryl methyl sites for hydroxylation is 3. The number of aliphatic hydroxyl groups is 1. The fourth-order valence-corrected chi connectivity index (χ4v) is 20.0. The highest BCUT2D eigenvalue weighted by Crippen LogP contribution is 2.53. The number of thioether (sulfide) groups is 1. The molecular weight excluding hydrogens is 1830 g/mol. The minimum absolute atomic E-state index is 0.0179. The van der Waals surface area contributed by atoms with Gasteiger partial charge in [-0.05, 0) is 250 Å². The second kappa shape index (κ2) is 54.4. The summed E-state index contributed by atoms with van der Waals surface area (Å²) in [6.45, 7) is 32.7. The molecule has 6 aromatic carbocycles. The van der Waals surface area contributed by atoms with E-state index in [9.17, 15) is 58.4 Å². The number of carboxylic acids is 3. The van der Waals surface area contributed by atoms with E-state index in [0.29, 0.717) is 90.8 Å². The highest BCUT2D eigenvalue weighted by molar-refractivity contribution is 9.10. The quantitative estimate of drug-likeness (QED) is 0.00763. The van der Waals surface area contributed by atoms with Crippen LogP contribution in [-0.4, -0.2) is 155 Å². The zero-order chi connectivity index (χ0) is 97.7. The molecule has 726 valence electrons. The van der Waals surface area contributed by atoms with Crippen molar-refractivity contribution in [2.75, 3.05) is 81.8 Å². The minimum Gasteiger partial charge on any atom is -0.507 e. The number of benzene rings is 6. The fourth-order valence-electron chi connectivity index (χ4n) is 16.6. The largest absolute Gasteiger partial charge is 0.507 e. The first-order chi connectivity index (χ1) is 62.4. The van der Waals surface area contributed by atoms with Gasteiger partial charge in [0.1, 0.15) is 23.7 Å². The van der Waals surface area contributed by atoms with Crippen molar-refractivity contribution >= 4 is 122 Å². The molecule has 8 N–H and O–H groups in total. The first kappa shape index (κ1) is 112. The fraction of sp³-hybridized carbons (Fsp3) is 0.559. The van der Waals surface area contributed by atoms with Crippen molar-refractivity contribution in [2.24, 2.45) is 33.5 Å². The first-order valence-corrected chi connectivity index (χ1v) is 50.5. The lowest BCUT2D eigenvalue weighted by Crippen LogP contribution is -2.50. The summed E-state index contributed by atoms with van der Waals surface area (Å²) in [5.74, 6) is -1.96. The number of halogens is 3. The Morgan fingerprint density at radius 3 is 1.93 bits per heavy atom. The van der Waals surface area contributed by atoms with Gasteiger partial charge in [-0.15, -0.1) is 0 Å². The summed E-state index contributed by atoms with van der Waals surface area (Å²) in [6.07, 6.45) is 18.8. The van der Waals surface area contributed by atoms with Gasteiger partial charge < -0.3 is 69.6 Å². The number of aromatic hydroxyl groups is 1. The molecule has 2 aliphatic carbocycles. The van der Waals surface area contributed by atoms with Crippen LogP contribution in [0.5, 0.6) is 11.5 Å². The number of aliphatic carboxylic acids is 3. The number of phenols is 1. The number of carboxylic acid groups (broad SMARTS) is 3. The van der Waals surface area contributed by atoms with E-state index in [1.54, 1.807) is 97.2 Å². The van der Waals surface area contributed by atoms with Crippen LogP contribution in [0.4, 0.5) is 17.1 Å². The molecule has 0 radical (unpaired) electrons. The van der Waals surface area contributed by atoms with Crippen molar-refractivity contribution in [1.82, 2.24) is 10.2 Å². The van der Waals surface area contributed by atoms with E-state index in [1.807, 2.05) is 81.4 Å². The Kier molecular flexibility index (Phi) is 46.3. The number of rotatable bonds is 42. The second-order valence-electron chi connectivity index (χ2n) is 37.1. The number of phenolic OH excluding ortho intramolecular Hbond substituents is 1. The number of anilines is 3. The second-order valence-corrected chi connectivity index (χ2v) is 42.0. The van der Waals surface area contributed by atoms with Crippen molar-refractivity contribution in [2.45, 2.75) is 273 Å². The molecule has 1 saturated carbocycles. The smallest absolute Gasteiger partial charge is 0.339 e. The Bertz CT molecular complexity index is 4830. The third kappa shape index (κ3) is 35.7. The van der Waals surface area contributed by atoms with E-state index in [-0.39, 0.29) is 58.2 Å². The van der Waals surface area contributed by atoms with Gasteiger partial charge >= 0.3 is 31.5 Å². The maximum Gasteiger partial charge on any atom is 0.339 e. The number of nitrogens with one attached hydrogen (secondary N) is 3. The molecule has 3 amide bonds. The summed E-state index contributed by atoms with van der Waals surface area (Å²) in [4.78, 5) is 101. The van der Waals surface area contributed by atoms with Gasteiger partial charge in [0.15, 0.2) is 10.7 Å². The number of amides is 3. The van der Waals surface area contributed by atoms with Gasteiger partial charge in [0.05, 0.1) is 73.3 Å². The van der Waals surface area contributed by atoms with Crippen LogP contribution in [0.15, 0.2) is 125 Å². The SMILES string of the molecule is CC(C)(CCCCOCCCCC(C)(C)C(=O)O)C(=O)O.CCC(CC)CC1(C(=O)Nc2ccccc2SC(=O)C(C)C)CCCCC1.CCOP(=O)(Cc1ccc(C(=O)Nc2ccc(Br)cc2C#N)cc1)OCC.COc1cccc(N2CCN(CC(=O)NC3c4c(O)c(C)cc(C)c4CC3(C)C)CC2)c1.O=C(O)C[C@]1(O)C[C@H](CCCCCCc2ccc(Cl)cc2Cl)OC1=O. The minimum atomic E-state index is -3.19. The molecule has 132 heavy (non-hydrogen) atoms. The number of hydrogen-bond acceptors (Lipinski definition) is 20. The number of esters is 1. The van der Waals surface area contributed by atoms with Crippen LogP contribution < -0.4 is 25.6 Å². The Labute approximate surface area is 804 Å². The van der Waals surface area contributed by atoms with Gasteiger partial charge in [-0.25, -0.2) is 4.79 Å². The van der Waals surface area contributed by atoms with E-state index in [4.69, 9.17) is 61.8 Å². The zero-order valence-electron chi connectivity index (χ0n) is 79.9. The van der Waals surface area contributed by atoms with E-state index in [1.165, 1.54) is 29.3 Å². The van der Waals surface area contributed by atoms with Gasteiger partial charge in [0.2, 0.25) is 11.8 Å². The Morgan fingerprint density at radius 2 is 1.36 bits per heavy atom. The Morgan fingerprint density at radius 1 is 0.735 bits per heavy atom. The summed E-state index contributed by atoms with van der Waals surface area (Å²) in [5, 5.41) is 67.3. The standard InChI is InChI=1S/C26H35N3O3.C23H35NO2S.C19H20BrN2O4P.C18H22Cl2O5.C16H30O5/c1-17-13-18(2)24(31)23-21(17)15-26(3,4)25(23)27-22(30)16-28-9-11-29(12-10-28)19-7-6-8-20(14-19)32-5;1-5-18(6-2)16-23(14-10-7-11-15-23)22(26)24-19-12-8-9-13-20(19)27-21(25)17(3)4;1-3-25-27(24,26-4-2)13-14-5-7-15(8-6-14)19(23)22-18-10-9-17(20)11-16(18)12-21;19-13-8-7-12(15(20)9-13)5-3-1-2-4-6-14-10-18(24,11-16(21)22)17(23)25-14;1-15(2,13(17)18)9-5-7-11-21-12-8-6-10-16(3,4)14(19)20/h6-8,13-14,25,31H,9-12,15-16H2,1-5H3,(H,27,30);8-9,12-13,17-18H,5-7,10-11,14-16H2,1-4H3,(H,24,26);5-11H,3-4,13H2,1-2H3,(H,22,23);7-9,14,24H,1-6,10-11H2,(H,21,22);5-12H2,1-4H3,(H,17,18)(H,19,20)/t;;;14-,18+;/m...0./s1. The predicted molar refractivity (Wildman–Crippen MR) is 527 cm³/mol. The number of nitriles is 1. The first-order valence-electron chi connectivity index (χ1n) is 46.4. The predicted octanol–water partition coefficient (Wildman–Crippen LogP) is 23.2. The number of carbonyl (C=O) groups is 8. The molecule has 30 heteroatoms. The van der Waals surface area contributed by atoms with Crippen molar-refractivity contribution in [3.05, 3.63) is 174 Å². The summed E-state index contributed by atoms with van der Waals surface area (Å²) in [6, 6.07) is 37.0. The molecule has 2 heterocycles. The van der Waals surface area contributed by atoms with Crippen LogP contribution >= 0.6 is 58.5 Å². The number of carbonyl (C=O) groups excluding carboxylic acids is 5. The monoisotopic (exact) mass is 1970 g/mol. The third-order valence-corrected chi connectivity index (χ3v) is 29.2. The number of fused-ring (bicyclic) bond motifs is 1. The van der Waals surface area contributed by atoms with E-state index >= 15 is 0 Å². The van der Waals surface area contributed by atoms with Gasteiger partial charge in [-0.2, -0.15) is 5.26 Å². The van der Waals surface area contributed by atoms with Gasteiger partial charge in [-0.3, -0.25) is 43.0 Å². The highest BCUT2D eigenvalue weighted by Gasteiger charge is 2.49. The van der Waals surface area contributed by atoms with Crippen LogP contribution in [0, 0.1) is 58.7 Å². The molecule has 4 aliphatic rings. The summed E-state index contributed by atoms with van der Waals surface area (Å²) >= 11 is 16.5. The maximum absolute atomic E-state index is 13.4. The van der Waals surface area contributed by atoms with Crippen LogP contribution in [0.2, 0.25) is 10.0 Å². The summed E-state index contributed by atoms with van der Waals surface area (Å²) in [5.41, 5.74) is 5.52. The molecule has 3 atom stereocenters. The molecular formula is C102H142BrCl2N6O19PS. The Balaban J connectivity index is 0.000000256. The molecule has 2 aliphatic heterocycles. The number of para-hydroxylation sites is 1. The molecule has 1 unspecified atom stereocenters. The number of hydrogen-bond donors (Lipinski definition) is 8. The number of ether oxygens (including phenoxy) is 3. The van der Waals surface area contributed by atoms with Crippen LogP contribution in [-0.2, 0) is 75.7 Å². The maximum atomic E-state index is 13.4. The topological polar surface area (TPSA) is 367 Å². The molecule has 2 saturated heterocycles. The summed E-state index contributed by atoms with van der Waals surface area (Å²) in [7, 11) is -1.51. The zero-order valence-corrected chi connectivity index (χ0v) is 84.7. The summed E-state index contributed by atoms with van der Waals surface area (Å²) < 4.78 is 39.8. The molecule has 0 spiro atoms. The van der Waals surface area contributed by atoms with Crippen molar-refractivity contribution in [3.8, 4) is 17.6 Å². The molecule has 0 bridgehead atoms. The van der Waals surface area contributed by atoms with Gasteiger partial charge in [-0.1, -0.05) is 181 Å². The lowest BCUT2D eigenvalue weighted by molar-refractivity contribution is -0.160. The number of cyclic esters (lactones) is 1. The lowest BCUT2D eigenvalue weighted by Gasteiger charge is -2.38. The molecule has 3 fully saturated rings. The van der Waals surface area contributed by atoms with Crippen LogP contribution in [0.3, 0.4) is 0 Å². The molecule has 6 aromatic rings. The van der Waals surface area contributed by atoms with E-state index < -0.39 is 60.4 Å². The van der Waals surface area contributed by atoms with Crippen molar-refractivity contribution in [1.29, 1.82) is 5.26 Å². The average molecular weight is 1970 g/mol. The normalized spacial score (nSPS) is 16.8. The number of methoxy groups -OCH3 is 1. The van der Waals surface area contributed by atoms with Gasteiger partial charge in [0, 0.05) is 99.4 Å². The molecule has 25 nitrogen and oxygen atoms in total. The number of piperazine rings is 1. The Hall–Kier alpha value is -8.39. The molecule has 10 rings (SSSR count). The number of nitrogens with zero attached hydrogens (tertiary/aromatic N) is 3. The van der Waals surface area contributed by atoms with Gasteiger partial charge in [0.25, 0.3) is 5.91 Å². The third-order valence-electron chi connectivity index (χ3n) is 24.8. The average Bonchev–Trinajstić information content (AvgIpc) is 1.59.